The zero-order valence-electron chi connectivity index (χ0n) is 8.76. The first kappa shape index (κ1) is 13.8. The highest BCUT2D eigenvalue weighted by Gasteiger charge is 2.27. The number of aliphatic hydroxyl groups excluding tert-OH is 1. The van der Waals surface area contributed by atoms with E-state index in [0.29, 0.717) is 19.3 Å². The topological polar surface area (TPSA) is 101 Å². The normalized spacial score (nSPS) is 14.5. The third-order valence-corrected chi connectivity index (χ3v) is 2.27. The average molecular weight is 219 g/mol. The van der Waals surface area contributed by atoms with Crippen LogP contribution in [0.3, 0.4) is 0 Å². The molecule has 0 aromatic heterocycles. The van der Waals surface area contributed by atoms with E-state index in [9.17, 15) is 20.0 Å². The summed E-state index contributed by atoms with van der Waals surface area (Å²) in [6.07, 6.45) is 0.516. The van der Waals surface area contributed by atoms with E-state index in [0.717, 1.165) is 0 Å². The van der Waals surface area contributed by atoms with Gasteiger partial charge in [0.2, 0.25) is 6.04 Å². The molecule has 0 saturated heterocycles. The van der Waals surface area contributed by atoms with E-state index in [1.54, 1.807) is 6.92 Å². The number of nitrogens with zero attached hydrogens (tertiary/aromatic N) is 1. The minimum absolute atomic E-state index is 0.0205. The second-order valence-corrected chi connectivity index (χ2v) is 3.47. The van der Waals surface area contributed by atoms with Gasteiger partial charge in [-0.05, 0) is 19.3 Å². The molecule has 0 fully saturated rings. The first-order valence-corrected chi connectivity index (χ1v) is 5.02. The Morgan fingerprint density at radius 2 is 2.07 bits per heavy atom. The Balaban J connectivity index is 3.87. The number of unbranched alkanes of at least 4 members (excludes halogenated alkanes) is 1. The van der Waals surface area contributed by atoms with Crippen molar-refractivity contribution >= 4 is 5.97 Å². The molecule has 0 amide bonds. The van der Waals surface area contributed by atoms with Crippen LogP contribution in [0.25, 0.3) is 0 Å². The van der Waals surface area contributed by atoms with Gasteiger partial charge in [-0.25, -0.2) is 0 Å². The van der Waals surface area contributed by atoms with E-state index in [4.69, 9.17) is 5.11 Å². The van der Waals surface area contributed by atoms with Crippen molar-refractivity contribution in [3.05, 3.63) is 10.1 Å². The van der Waals surface area contributed by atoms with Crippen molar-refractivity contribution in [2.24, 2.45) is 0 Å². The Kier molecular flexibility index (Phi) is 6.61. The monoisotopic (exact) mass is 219 g/mol. The van der Waals surface area contributed by atoms with Crippen LogP contribution in [0.15, 0.2) is 0 Å². The Morgan fingerprint density at radius 1 is 1.47 bits per heavy atom. The van der Waals surface area contributed by atoms with Crippen LogP contribution in [-0.4, -0.2) is 33.3 Å². The minimum atomic E-state index is -0.969. The van der Waals surface area contributed by atoms with E-state index in [1.807, 2.05) is 0 Å². The summed E-state index contributed by atoms with van der Waals surface area (Å²) in [5.41, 5.74) is 0. The van der Waals surface area contributed by atoms with E-state index in [1.165, 1.54) is 0 Å². The first-order valence-electron chi connectivity index (χ1n) is 5.02. The van der Waals surface area contributed by atoms with Crippen molar-refractivity contribution in [1.29, 1.82) is 0 Å². The second kappa shape index (κ2) is 7.17. The summed E-state index contributed by atoms with van der Waals surface area (Å²) in [5.74, 6) is -0.899. The lowest BCUT2D eigenvalue weighted by Gasteiger charge is -2.13. The summed E-state index contributed by atoms with van der Waals surface area (Å²) in [6, 6.07) is -0.969. The van der Waals surface area contributed by atoms with Crippen molar-refractivity contribution < 1.29 is 19.9 Å². The molecular weight excluding hydrogens is 202 g/mol. The van der Waals surface area contributed by atoms with E-state index in [-0.39, 0.29) is 12.8 Å². The summed E-state index contributed by atoms with van der Waals surface area (Å²) in [6.45, 7) is 1.68. The average Bonchev–Trinajstić information content (AvgIpc) is 2.15. The maximum atomic E-state index is 10.6. The molecule has 2 N–H and O–H groups in total. The summed E-state index contributed by atoms with van der Waals surface area (Å²) < 4.78 is 0. The highest BCUT2D eigenvalue weighted by Crippen LogP contribution is 2.12. The number of hydrogen-bond acceptors (Lipinski definition) is 4. The summed E-state index contributed by atoms with van der Waals surface area (Å²) in [5, 5.41) is 28.3. The quantitative estimate of drug-likeness (QED) is 0.361. The SMILES string of the molecule is CCC(O)C(CCCCC(=O)O)[N+](=O)[O-]. The third kappa shape index (κ3) is 6.01. The van der Waals surface area contributed by atoms with Crippen LogP contribution in [0.4, 0.5) is 0 Å². The maximum absolute atomic E-state index is 10.6. The summed E-state index contributed by atoms with van der Waals surface area (Å²) >= 11 is 0. The number of carboxylic acid groups (broad SMARTS) is 1. The highest BCUT2D eigenvalue weighted by molar-refractivity contribution is 5.66. The molecule has 0 spiro atoms. The fraction of sp³-hybridized carbons (Fsp3) is 0.889. The van der Waals surface area contributed by atoms with Gasteiger partial charge in [-0.2, -0.15) is 0 Å². The van der Waals surface area contributed by atoms with E-state index < -0.39 is 23.0 Å². The van der Waals surface area contributed by atoms with E-state index >= 15 is 0 Å². The minimum Gasteiger partial charge on any atom is -0.481 e. The van der Waals surface area contributed by atoms with Crippen molar-refractivity contribution in [3.63, 3.8) is 0 Å². The molecule has 6 nitrogen and oxygen atoms in total. The third-order valence-electron chi connectivity index (χ3n) is 2.27. The van der Waals surface area contributed by atoms with Gasteiger partial charge in [0.1, 0.15) is 6.10 Å². The fourth-order valence-corrected chi connectivity index (χ4v) is 1.34. The fourth-order valence-electron chi connectivity index (χ4n) is 1.34. The molecule has 2 atom stereocenters. The van der Waals surface area contributed by atoms with Gasteiger partial charge >= 0.3 is 5.97 Å². The van der Waals surface area contributed by atoms with Gasteiger partial charge in [0.15, 0.2) is 0 Å². The number of carboxylic acids is 1. The van der Waals surface area contributed by atoms with Gasteiger partial charge in [0.25, 0.3) is 0 Å². The van der Waals surface area contributed by atoms with Gasteiger partial charge in [-0.3, -0.25) is 14.9 Å². The Bertz CT molecular complexity index is 219. The molecular formula is C9H17NO5. The molecule has 0 aliphatic carbocycles. The Morgan fingerprint density at radius 3 is 2.47 bits per heavy atom. The van der Waals surface area contributed by atoms with Crippen molar-refractivity contribution in [2.75, 3.05) is 0 Å². The number of aliphatic hydroxyl groups is 1. The zero-order chi connectivity index (χ0) is 11.8. The summed E-state index contributed by atoms with van der Waals surface area (Å²) in [4.78, 5) is 20.3. The van der Waals surface area contributed by atoms with Gasteiger partial charge in [-0.1, -0.05) is 6.92 Å². The predicted octanol–water partition coefficient (Wildman–Crippen LogP) is 1.05. The van der Waals surface area contributed by atoms with Crippen LogP contribution in [-0.2, 0) is 4.79 Å². The maximum Gasteiger partial charge on any atom is 0.303 e. The molecule has 0 aromatic carbocycles. The smallest absolute Gasteiger partial charge is 0.303 e. The van der Waals surface area contributed by atoms with Crippen molar-refractivity contribution in [2.45, 2.75) is 51.2 Å². The molecule has 0 heterocycles. The largest absolute Gasteiger partial charge is 0.481 e. The molecule has 15 heavy (non-hydrogen) atoms. The van der Waals surface area contributed by atoms with Crippen LogP contribution in [0.5, 0.6) is 0 Å². The van der Waals surface area contributed by atoms with E-state index in [2.05, 4.69) is 0 Å². The van der Waals surface area contributed by atoms with Crippen LogP contribution < -0.4 is 0 Å². The van der Waals surface area contributed by atoms with Gasteiger partial charge in [0, 0.05) is 17.8 Å². The van der Waals surface area contributed by atoms with Crippen molar-refractivity contribution in [1.82, 2.24) is 0 Å². The molecule has 0 radical (unpaired) electrons. The molecule has 2 unspecified atom stereocenters. The number of aliphatic carboxylic acids is 1. The lowest BCUT2D eigenvalue weighted by Crippen LogP contribution is -2.33. The number of hydrogen-bond donors (Lipinski definition) is 2. The number of nitro groups is 1. The van der Waals surface area contributed by atoms with Crippen LogP contribution in [0.2, 0.25) is 0 Å². The molecule has 0 bridgehead atoms. The molecule has 0 saturated carbocycles. The Labute approximate surface area is 88.1 Å². The highest BCUT2D eigenvalue weighted by atomic mass is 16.6. The lowest BCUT2D eigenvalue weighted by atomic mass is 10.0. The number of rotatable bonds is 8. The molecule has 0 rings (SSSR count). The van der Waals surface area contributed by atoms with Crippen molar-refractivity contribution in [3.8, 4) is 0 Å². The van der Waals surface area contributed by atoms with Crippen LogP contribution >= 0.6 is 0 Å². The van der Waals surface area contributed by atoms with Crippen LogP contribution in [0, 0.1) is 10.1 Å². The number of carbonyl (C=O) groups is 1. The molecule has 6 heteroatoms. The predicted molar refractivity (Wildman–Crippen MR) is 53.2 cm³/mol. The van der Waals surface area contributed by atoms with Gasteiger partial charge in [-0.15, -0.1) is 0 Å². The standard InChI is InChI=1S/C9H17NO5/c1-2-8(11)7(10(14)15)5-3-4-6-9(12)13/h7-8,11H,2-6H2,1H3,(H,12,13). The van der Waals surface area contributed by atoms with Crippen LogP contribution in [0.1, 0.15) is 39.0 Å². The first-order chi connectivity index (χ1) is 6.99. The molecule has 0 aliphatic heterocycles. The lowest BCUT2D eigenvalue weighted by molar-refractivity contribution is -0.535. The molecule has 0 aromatic rings. The summed E-state index contributed by atoms with van der Waals surface area (Å²) in [7, 11) is 0. The molecule has 88 valence electrons. The Hall–Kier alpha value is -1.17. The zero-order valence-corrected chi connectivity index (χ0v) is 8.76. The van der Waals surface area contributed by atoms with Gasteiger partial charge in [0.05, 0.1) is 0 Å². The molecule has 0 aliphatic rings. The second-order valence-electron chi connectivity index (χ2n) is 3.47. The van der Waals surface area contributed by atoms with Gasteiger partial charge < -0.3 is 10.2 Å².